The normalized spacial score (nSPS) is 21.2. The van der Waals surface area contributed by atoms with Crippen LogP contribution in [0.5, 0.6) is 0 Å². The molecule has 0 radical (unpaired) electrons. The molecule has 22 heavy (non-hydrogen) atoms. The number of nitrogens with one attached hydrogen (secondary N) is 1. The van der Waals surface area contributed by atoms with Crippen molar-refractivity contribution >= 4 is 51.8 Å². The van der Waals surface area contributed by atoms with Crippen LogP contribution in [0.1, 0.15) is 25.7 Å². The Morgan fingerprint density at radius 2 is 2.18 bits per heavy atom. The van der Waals surface area contributed by atoms with Crippen molar-refractivity contribution in [3.63, 3.8) is 0 Å². The number of aromatic nitrogens is 2. The lowest BCUT2D eigenvalue weighted by molar-refractivity contribution is 0.0909. The topological polar surface area (TPSA) is 50.1 Å². The second-order valence-electron chi connectivity index (χ2n) is 5.46. The van der Waals surface area contributed by atoms with E-state index in [1.807, 2.05) is 18.5 Å². The molecule has 3 rings (SSSR count). The summed E-state index contributed by atoms with van der Waals surface area (Å²) in [5.41, 5.74) is 2.18. The number of fused-ring (bicyclic) bond motifs is 1. The van der Waals surface area contributed by atoms with E-state index in [0.29, 0.717) is 0 Å². The number of halogens is 3. The quantitative estimate of drug-likeness (QED) is 0.810. The van der Waals surface area contributed by atoms with E-state index in [1.165, 1.54) is 0 Å². The molecule has 1 aliphatic heterocycles. The highest BCUT2D eigenvalue weighted by molar-refractivity contribution is 9.10. The van der Waals surface area contributed by atoms with Crippen molar-refractivity contribution in [2.45, 2.75) is 44.4 Å². The Labute approximate surface area is 151 Å². The second kappa shape index (κ2) is 9.08. The molecule has 1 fully saturated rings. The van der Waals surface area contributed by atoms with Crippen LogP contribution in [0.25, 0.3) is 11.0 Å². The molecule has 2 heterocycles. The monoisotopic (exact) mass is 409 g/mol. The lowest BCUT2D eigenvalue weighted by Crippen LogP contribution is -2.44. The van der Waals surface area contributed by atoms with Gasteiger partial charge in [0.1, 0.15) is 5.52 Å². The van der Waals surface area contributed by atoms with Gasteiger partial charge in [-0.15, -0.1) is 24.8 Å². The van der Waals surface area contributed by atoms with Crippen molar-refractivity contribution in [1.29, 1.82) is 0 Å². The summed E-state index contributed by atoms with van der Waals surface area (Å²) in [5, 5.41) is 13.4. The van der Waals surface area contributed by atoms with Crippen molar-refractivity contribution in [3.05, 3.63) is 29.0 Å². The highest BCUT2D eigenvalue weighted by Gasteiger charge is 2.21. The van der Waals surface area contributed by atoms with Crippen LogP contribution in [0.2, 0.25) is 0 Å². The van der Waals surface area contributed by atoms with E-state index in [-0.39, 0.29) is 37.0 Å². The first kappa shape index (κ1) is 19.7. The Hall–Kier alpha value is -0.330. The van der Waals surface area contributed by atoms with Crippen LogP contribution >= 0.6 is 40.7 Å². The van der Waals surface area contributed by atoms with E-state index < -0.39 is 0 Å². The number of hydrogen-bond acceptors (Lipinski definition) is 3. The summed E-state index contributed by atoms with van der Waals surface area (Å²) in [7, 11) is 0. The molecule has 0 aliphatic carbocycles. The number of piperidine rings is 1. The Morgan fingerprint density at radius 1 is 1.36 bits per heavy atom. The lowest BCUT2D eigenvalue weighted by atomic mass is 9.97. The van der Waals surface area contributed by atoms with Crippen molar-refractivity contribution in [3.8, 4) is 0 Å². The first-order valence-corrected chi connectivity index (χ1v) is 8.06. The molecule has 2 aromatic rings. The average molecular weight is 411 g/mol. The van der Waals surface area contributed by atoms with Gasteiger partial charge in [-0.3, -0.25) is 0 Å². The van der Waals surface area contributed by atoms with E-state index in [2.05, 4.69) is 36.9 Å². The number of aryl methyl sites for hydroxylation is 1. The fraction of sp³-hybridized carbons (Fsp3) is 0.533. The van der Waals surface area contributed by atoms with Gasteiger partial charge in [0.25, 0.3) is 0 Å². The predicted molar refractivity (Wildman–Crippen MR) is 98.2 cm³/mol. The summed E-state index contributed by atoms with van der Waals surface area (Å²) in [6, 6.07) is 6.41. The van der Waals surface area contributed by atoms with E-state index in [9.17, 15) is 5.11 Å². The van der Waals surface area contributed by atoms with Crippen LogP contribution < -0.4 is 5.32 Å². The number of aliphatic hydroxyl groups is 1. The molecule has 1 aliphatic rings. The van der Waals surface area contributed by atoms with Gasteiger partial charge in [-0.2, -0.15) is 0 Å². The summed E-state index contributed by atoms with van der Waals surface area (Å²) in [4.78, 5) is 4.45. The Bertz CT molecular complexity index is 593. The van der Waals surface area contributed by atoms with E-state index >= 15 is 0 Å². The standard InChI is InChI=1S/C15H20BrN3O.2ClH/c16-11-4-1-6-13-15(11)18-10-19(13)9-3-5-12-14(20)7-2-8-17-12;;/h1,4,6,10,12,14,17,20H,2-3,5,7-9H2;2*1H. The zero-order valence-corrected chi connectivity index (χ0v) is 15.5. The number of imidazole rings is 1. The lowest BCUT2D eigenvalue weighted by Gasteiger charge is -2.29. The fourth-order valence-electron chi connectivity index (χ4n) is 2.94. The first-order chi connectivity index (χ1) is 9.75. The molecule has 0 bridgehead atoms. The van der Waals surface area contributed by atoms with Gasteiger partial charge in [0.15, 0.2) is 0 Å². The molecular weight excluding hydrogens is 389 g/mol. The minimum Gasteiger partial charge on any atom is -0.392 e. The molecule has 1 aromatic heterocycles. The highest BCUT2D eigenvalue weighted by Crippen LogP contribution is 2.22. The molecule has 0 spiro atoms. The van der Waals surface area contributed by atoms with Gasteiger partial charge in [-0.05, 0) is 60.3 Å². The van der Waals surface area contributed by atoms with Crippen LogP contribution in [0.4, 0.5) is 0 Å². The van der Waals surface area contributed by atoms with Crippen LogP contribution in [0.15, 0.2) is 29.0 Å². The fourth-order valence-corrected chi connectivity index (χ4v) is 3.40. The number of rotatable bonds is 4. The molecule has 1 aromatic carbocycles. The van der Waals surface area contributed by atoms with Crippen molar-refractivity contribution in [1.82, 2.24) is 14.9 Å². The molecular formula is C15H22BrCl2N3O. The van der Waals surface area contributed by atoms with E-state index in [4.69, 9.17) is 0 Å². The molecule has 2 N–H and O–H groups in total. The van der Waals surface area contributed by atoms with Gasteiger partial charge in [0.05, 0.1) is 17.9 Å². The molecule has 0 amide bonds. The summed E-state index contributed by atoms with van der Waals surface area (Å²) in [6.45, 7) is 1.97. The van der Waals surface area contributed by atoms with E-state index in [1.54, 1.807) is 0 Å². The summed E-state index contributed by atoms with van der Waals surface area (Å²) < 4.78 is 3.23. The maximum absolute atomic E-state index is 9.95. The molecule has 0 saturated carbocycles. The number of hydrogen-bond donors (Lipinski definition) is 2. The van der Waals surface area contributed by atoms with Crippen LogP contribution in [0.3, 0.4) is 0 Å². The second-order valence-corrected chi connectivity index (χ2v) is 6.31. The van der Waals surface area contributed by atoms with Crippen LogP contribution in [-0.4, -0.2) is 33.3 Å². The number of para-hydroxylation sites is 1. The van der Waals surface area contributed by atoms with Gasteiger partial charge < -0.3 is 15.0 Å². The van der Waals surface area contributed by atoms with Crippen molar-refractivity contribution in [2.75, 3.05) is 6.54 Å². The Kier molecular flexibility index (Phi) is 8.14. The third-order valence-corrected chi connectivity index (χ3v) is 4.70. The summed E-state index contributed by atoms with van der Waals surface area (Å²) in [6.07, 6.45) is 5.79. The van der Waals surface area contributed by atoms with E-state index in [0.717, 1.165) is 54.3 Å². The SMILES string of the molecule is Cl.Cl.OC1CCCNC1CCCn1cnc2c(Br)cccc21. The highest BCUT2D eigenvalue weighted by atomic mass is 79.9. The van der Waals surface area contributed by atoms with Crippen molar-refractivity contribution in [2.24, 2.45) is 0 Å². The summed E-state index contributed by atoms with van der Waals surface area (Å²) in [5.74, 6) is 0. The predicted octanol–water partition coefficient (Wildman–Crippen LogP) is 3.54. The number of aliphatic hydroxyl groups excluding tert-OH is 1. The largest absolute Gasteiger partial charge is 0.392 e. The number of benzene rings is 1. The van der Waals surface area contributed by atoms with Gasteiger partial charge >= 0.3 is 0 Å². The molecule has 2 unspecified atom stereocenters. The van der Waals surface area contributed by atoms with Crippen LogP contribution in [0, 0.1) is 0 Å². The van der Waals surface area contributed by atoms with Crippen molar-refractivity contribution < 1.29 is 5.11 Å². The smallest absolute Gasteiger partial charge is 0.103 e. The molecule has 4 nitrogen and oxygen atoms in total. The zero-order chi connectivity index (χ0) is 13.9. The maximum atomic E-state index is 9.95. The van der Waals surface area contributed by atoms with Gasteiger partial charge in [0, 0.05) is 17.1 Å². The zero-order valence-electron chi connectivity index (χ0n) is 12.2. The minimum absolute atomic E-state index is 0. The Morgan fingerprint density at radius 3 is 2.95 bits per heavy atom. The molecule has 124 valence electrons. The first-order valence-electron chi connectivity index (χ1n) is 7.26. The van der Waals surface area contributed by atoms with Crippen LogP contribution in [-0.2, 0) is 6.54 Å². The molecule has 2 atom stereocenters. The summed E-state index contributed by atoms with van der Waals surface area (Å²) >= 11 is 3.53. The molecule has 7 heteroatoms. The van der Waals surface area contributed by atoms with Gasteiger partial charge in [-0.1, -0.05) is 6.07 Å². The van der Waals surface area contributed by atoms with Gasteiger partial charge in [-0.25, -0.2) is 4.98 Å². The Balaban J connectivity index is 0.00000121. The minimum atomic E-state index is -0.183. The maximum Gasteiger partial charge on any atom is 0.103 e. The molecule has 1 saturated heterocycles. The van der Waals surface area contributed by atoms with Gasteiger partial charge in [0.2, 0.25) is 0 Å². The third-order valence-electron chi connectivity index (χ3n) is 4.06. The number of nitrogens with zero attached hydrogens (tertiary/aromatic N) is 2. The average Bonchev–Trinajstić information content (AvgIpc) is 2.86. The third kappa shape index (κ3) is 4.36.